The van der Waals surface area contributed by atoms with E-state index in [-0.39, 0.29) is 18.6 Å². The Morgan fingerprint density at radius 2 is 1.75 bits per heavy atom. The zero-order chi connectivity index (χ0) is 15.4. The molecule has 0 aliphatic carbocycles. The average Bonchev–Trinajstić information content (AvgIpc) is 2.33. The Labute approximate surface area is 115 Å². The second kappa shape index (κ2) is 6.39. The van der Waals surface area contributed by atoms with Crippen LogP contribution < -0.4 is 0 Å². The number of ketones is 1. The Kier molecular flexibility index (Phi) is 5.33. The van der Waals surface area contributed by atoms with Crippen molar-refractivity contribution in [2.45, 2.75) is 37.3 Å². The van der Waals surface area contributed by atoms with Crippen LogP contribution in [0, 0.1) is 0 Å². The van der Waals surface area contributed by atoms with Gasteiger partial charge in [-0.25, -0.2) is 8.42 Å². The summed E-state index contributed by atoms with van der Waals surface area (Å²) in [4.78, 5) is 10.0. The molecule has 112 valence electrons. The van der Waals surface area contributed by atoms with Gasteiger partial charge in [0.1, 0.15) is 5.78 Å². The van der Waals surface area contributed by atoms with E-state index in [2.05, 4.69) is 0 Å². The number of benzene rings is 1. The molecule has 1 aromatic carbocycles. The Balaban J connectivity index is 2.91. The molecule has 0 heterocycles. The first-order chi connectivity index (χ1) is 9.14. The summed E-state index contributed by atoms with van der Waals surface area (Å²) in [7, 11) is -4.00. The third-order valence-corrected chi connectivity index (χ3v) is 4.57. The lowest BCUT2D eigenvalue weighted by Gasteiger charge is -2.12. The zero-order valence-electron chi connectivity index (χ0n) is 10.9. The molecule has 0 saturated carbocycles. The molecule has 0 spiro atoms. The summed E-state index contributed by atoms with van der Waals surface area (Å²) in [5, 5.41) is 0. The van der Waals surface area contributed by atoms with E-state index in [0.717, 1.165) is 18.2 Å². The fraction of sp³-hybridized carbons (Fsp3) is 0.462. The van der Waals surface area contributed by atoms with Crippen molar-refractivity contribution in [1.82, 2.24) is 0 Å². The highest BCUT2D eigenvalue weighted by Crippen LogP contribution is 2.34. The van der Waals surface area contributed by atoms with Gasteiger partial charge in [-0.15, -0.1) is 0 Å². The maximum absolute atomic E-state index is 12.8. The lowest BCUT2D eigenvalue weighted by molar-refractivity contribution is -0.139. The summed E-state index contributed by atoms with van der Waals surface area (Å²) >= 11 is 0. The van der Waals surface area contributed by atoms with Crippen LogP contribution in [0.3, 0.4) is 0 Å². The highest BCUT2D eigenvalue weighted by Gasteiger charge is 2.36. The topological polar surface area (TPSA) is 51.2 Å². The number of sulfone groups is 1. The maximum Gasteiger partial charge on any atom is 0.417 e. The number of Topliss-reactive ketones (excluding diaryl/α,β-unsaturated/α-hetero) is 1. The van der Waals surface area contributed by atoms with E-state index in [0.29, 0.717) is 6.42 Å². The zero-order valence-corrected chi connectivity index (χ0v) is 11.7. The quantitative estimate of drug-likeness (QED) is 0.758. The molecule has 0 aromatic heterocycles. The second-order valence-electron chi connectivity index (χ2n) is 4.47. The molecule has 0 atom stereocenters. The molecule has 0 saturated heterocycles. The summed E-state index contributed by atoms with van der Waals surface area (Å²) in [6, 6.07) is 4.13. The first-order valence-electron chi connectivity index (χ1n) is 6.03. The second-order valence-corrected chi connectivity index (χ2v) is 6.55. The van der Waals surface area contributed by atoms with E-state index in [9.17, 15) is 26.4 Å². The van der Waals surface area contributed by atoms with Crippen LogP contribution >= 0.6 is 0 Å². The van der Waals surface area contributed by atoms with Gasteiger partial charge in [0.15, 0.2) is 9.84 Å². The van der Waals surface area contributed by atoms with Crippen LogP contribution in [0.1, 0.15) is 31.7 Å². The number of carbonyl (C=O) groups is 1. The molecule has 20 heavy (non-hydrogen) atoms. The van der Waals surface area contributed by atoms with Crippen LogP contribution in [0.5, 0.6) is 0 Å². The summed E-state index contributed by atoms with van der Waals surface area (Å²) in [5.74, 6) is -0.467. The first kappa shape index (κ1) is 16.7. The van der Waals surface area contributed by atoms with Crippen molar-refractivity contribution in [2.24, 2.45) is 0 Å². The minimum Gasteiger partial charge on any atom is -0.300 e. The number of alkyl halides is 3. The van der Waals surface area contributed by atoms with E-state index in [1.165, 1.54) is 13.0 Å². The van der Waals surface area contributed by atoms with E-state index >= 15 is 0 Å². The SMILES string of the molecule is CC(=O)CCCCS(=O)(=O)c1ccccc1C(F)(F)F. The standard InChI is InChI=1S/C13H15F3O3S/c1-10(17)6-4-5-9-20(18,19)12-8-3-2-7-11(12)13(14,15)16/h2-3,7-8H,4-6,9H2,1H3. The molecule has 3 nitrogen and oxygen atoms in total. The van der Waals surface area contributed by atoms with Crippen molar-refractivity contribution in [1.29, 1.82) is 0 Å². The Bertz CT molecular complexity index is 577. The summed E-state index contributed by atoms with van der Waals surface area (Å²) < 4.78 is 62.2. The Morgan fingerprint density at radius 3 is 2.30 bits per heavy atom. The molecule has 0 bridgehead atoms. The van der Waals surface area contributed by atoms with Crippen molar-refractivity contribution < 1.29 is 26.4 Å². The fourth-order valence-electron chi connectivity index (χ4n) is 1.75. The van der Waals surface area contributed by atoms with Crippen molar-refractivity contribution in [3.8, 4) is 0 Å². The van der Waals surface area contributed by atoms with E-state index < -0.39 is 32.2 Å². The largest absolute Gasteiger partial charge is 0.417 e. The molecule has 1 aromatic rings. The van der Waals surface area contributed by atoms with Crippen LogP contribution in [-0.4, -0.2) is 20.0 Å². The minimum absolute atomic E-state index is 0.0712. The molecule has 7 heteroatoms. The van der Waals surface area contributed by atoms with Crippen LogP contribution in [0.2, 0.25) is 0 Å². The monoisotopic (exact) mass is 308 g/mol. The molecular formula is C13H15F3O3S. The van der Waals surface area contributed by atoms with Gasteiger partial charge in [0, 0.05) is 6.42 Å². The Hall–Kier alpha value is -1.37. The van der Waals surface area contributed by atoms with E-state index in [4.69, 9.17) is 0 Å². The lowest BCUT2D eigenvalue weighted by Crippen LogP contribution is -2.15. The number of unbranched alkanes of at least 4 members (excludes halogenated alkanes) is 1. The van der Waals surface area contributed by atoms with Gasteiger partial charge in [-0.2, -0.15) is 13.2 Å². The van der Waals surface area contributed by atoms with Crippen molar-refractivity contribution in [3.63, 3.8) is 0 Å². The predicted molar refractivity (Wildman–Crippen MR) is 68.0 cm³/mol. The van der Waals surface area contributed by atoms with Crippen molar-refractivity contribution >= 4 is 15.6 Å². The van der Waals surface area contributed by atoms with Gasteiger partial charge >= 0.3 is 6.18 Å². The molecule has 0 N–H and O–H groups in total. The molecule has 0 unspecified atom stereocenters. The number of halogens is 3. The van der Waals surface area contributed by atoms with Crippen molar-refractivity contribution in [2.75, 3.05) is 5.75 Å². The highest BCUT2D eigenvalue weighted by molar-refractivity contribution is 7.91. The number of hydrogen-bond donors (Lipinski definition) is 0. The highest BCUT2D eigenvalue weighted by atomic mass is 32.2. The van der Waals surface area contributed by atoms with Gasteiger partial charge in [-0.1, -0.05) is 12.1 Å². The van der Waals surface area contributed by atoms with E-state index in [1.54, 1.807) is 0 Å². The average molecular weight is 308 g/mol. The summed E-state index contributed by atoms with van der Waals surface area (Å²) in [5.41, 5.74) is -1.15. The van der Waals surface area contributed by atoms with Gasteiger partial charge < -0.3 is 4.79 Å². The van der Waals surface area contributed by atoms with Crippen LogP contribution in [0.15, 0.2) is 29.2 Å². The maximum atomic E-state index is 12.8. The van der Waals surface area contributed by atoms with Gasteiger partial charge in [0.05, 0.1) is 16.2 Å². The molecule has 0 fully saturated rings. The normalized spacial score (nSPS) is 12.4. The first-order valence-corrected chi connectivity index (χ1v) is 7.68. The molecule has 0 radical (unpaired) electrons. The number of hydrogen-bond acceptors (Lipinski definition) is 3. The lowest BCUT2D eigenvalue weighted by atomic mass is 10.2. The predicted octanol–water partition coefficient (Wildman–Crippen LogP) is 3.24. The van der Waals surface area contributed by atoms with Crippen molar-refractivity contribution in [3.05, 3.63) is 29.8 Å². The fourth-order valence-corrected chi connectivity index (χ4v) is 3.36. The van der Waals surface area contributed by atoms with Gasteiger partial charge in [0.2, 0.25) is 0 Å². The van der Waals surface area contributed by atoms with Gasteiger partial charge in [-0.3, -0.25) is 0 Å². The summed E-state index contributed by atoms with van der Waals surface area (Å²) in [6.45, 7) is 1.38. The summed E-state index contributed by atoms with van der Waals surface area (Å²) in [6.07, 6.45) is -3.96. The minimum atomic E-state index is -4.71. The van der Waals surface area contributed by atoms with Crippen LogP contribution in [-0.2, 0) is 20.8 Å². The van der Waals surface area contributed by atoms with Gasteiger partial charge in [-0.05, 0) is 31.9 Å². The third kappa shape index (κ3) is 4.63. The molecule has 0 amide bonds. The third-order valence-electron chi connectivity index (χ3n) is 2.72. The molecule has 0 aliphatic heterocycles. The van der Waals surface area contributed by atoms with Crippen LogP contribution in [0.25, 0.3) is 0 Å². The van der Waals surface area contributed by atoms with Crippen LogP contribution in [0.4, 0.5) is 13.2 Å². The Morgan fingerprint density at radius 1 is 1.15 bits per heavy atom. The van der Waals surface area contributed by atoms with Gasteiger partial charge in [0.25, 0.3) is 0 Å². The molecular weight excluding hydrogens is 293 g/mol. The smallest absolute Gasteiger partial charge is 0.300 e. The number of rotatable bonds is 6. The molecule has 0 aliphatic rings. The molecule has 1 rings (SSSR count). The van der Waals surface area contributed by atoms with E-state index in [1.807, 2.05) is 0 Å². The number of carbonyl (C=O) groups excluding carboxylic acids is 1.